The Morgan fingerprint density at radius 1 is 1.00 bits per heavy atom. The summed E-state index contributed by atoms with van der Waals surface area (Å²) in [5, 5.41) is 7.69. The van der Waals surface area contributed by atoms with Gasteiger partial charge in [-0.25, -0.2) is 4.39 Å². The molecule has 150 valence electrons. The van der Waals surface area contributed by atoms with Crippen LogP contribution in [0.15, 0.2) is 48.5 Å². The number of amides is 1. The molecule has 4 nitrogen and oxygen atoms in total. The lowest BCUT2D eigenvalue weighted by molar-refractivity contribution is 0.0952. The number of hydrogen-bond donors (Lipinski definition) is 2. The summed E-state index contributed by atoms with van der Waals surface area (Å²) in [7, 11) is 0. The SMILES string of the molecule is O=C(NCCCCNc1c2c(nc3ccccc13)CCCC2)c1cccc(F)c1. The molecule has 29 heavy (non-hydrogen) atoms. The molecule has 2 N–H and O–H groups in total. The first-order valence-corrected chi connectivity index (χ1v) is 10.4. The molecule has 0 fully saturated rings. The number of carbonyl (C=O) groups excluding carboxylic acids is 1. The van der Waals surface area contributed by atoms with Crippen molar-refractivity contribution in [1.82, 2.24) is 10.3 Å². The Morgan fingerprint density at radius 2 is 1.83 bits per heavy atom. The topological polar surface area (TPSA) is 54.0 Å². The first kappa shape index (κ1) is 19.4. The Labute approximate surface area is 170 Å². The van der Waals surface area contributed by atoms with Crippen molar-refractivity contribution in [3.05, 3.63) is 71.2 Å². The number of fused-ring (bicyclic) bond motifs is 2. The van der Waals surface area contributed by atoms with Gasteiger partial charge in [0, 0.05) is 35.4 Å². The lowest BCUT2D eigenvalue weighted by Crippen LogP contribution is -2.25. The molecule has 0 aliphatic heterocycles. The zero-order valence-electron chi connectivity index (χ0n) is 16.5. The van der Waals surface area contributed by atoms with E-state index in [4.69, 9.17) is 4.98 Å². The van der Waals surface area contributed by atoms with Gasteiger partial charge in [0.05, 0.1) is 5.52 Å². The molecular weight excluding hydrogens is 365 g/mol. The van der Waals surface area contributed by atoms with Crippen LogP contribution in [-0.4, -0.2) is 24.0 Å². The van der Waals surface area contributed by atoms with Gasteiger partial charge in [-0.3, -0.25) is 9.78 Å². The molecule has 0 unspecified atom stereocenters. The van der Waals surface area contributed by atoms with Gasteiger partial charge in [0.2, 0.25) is 0 Å². The summed E-state index contributed by atoms with van der Waals surface area (Å²) in [6, 6.07) is 14.1. The van der Waals surface area contributed by atoms with Gasteiger partial charge >= 0.3 is 0 Å². The molecule has 0 spiro atoms. The van der Waals surface area contributed by atoms with E-state index in [2.05, 4.69) is 28.8 Å². The fourth-order valence-corrected chi connectivity index (χ4v) is 3.97. The summed E-state index contributed by atoms with van der Waals surface area (Å²) >= 11 is 0. The molecule has 3 aromatic rings. The highest BCUT2D eigenvalue weighted by molar-refractivity contribution is 5.94. The Morgan fingerprint density at radius 3 is 2.72 bits per heavy atom. The van der Waals surface area contributed by atoms with Crippen molar-refractivity contribution in [2.75, 3.05) is 18.4 Å². The maximum absolute atomic E-state index is 13.2. The second-order valence-corrected chi connectivity index (χ2v) is 7.54. The van der Waals surface area contributed by atoms with Crippen LogP contribution in [0.5, 0.6) is 0 Å². The second-order valence-electron chi connectivity index (χ2n) is 7.54. The molecule has 4 rings (SSSR count). The number of unbranched alkanes of at least 4 members (excludes halogenated alkanes) is 1. The molecule has 2 aromatic carbocycles. The van der Waals surface area contributed by atoms with Gasteiger partial charge in [0.25, 0.3) is 5.91 Å². The van der Waals surface area contributed by atoms with Crippen LogP contribution in [0.25, 0.3) is 10.9 Å². The number of nitrogens with zero attached hydrogens (tertiary/aromatic N) is 1. The minimum atomic E-state index is -0.394. The van der Waals surface area contributed by atoms with E-state index >= 15 is 0 Å². The van der Waals surface area contributed by atoms with Crippen LogP contribution in [0.3, 0.4) is 0 Å². The Bertz CT molecular complexity index is 1020. The summed E-state index contributed by atoms with van der Waals surface area (Å²) in [5.41, 5.74) is 5.25. The van der Waals surface area contributed by atoms with Crippen molar-refractivity contribution in [2.45, 2.75) is 38.5 Å². The van der Waals surface area contributed by atoms with Gasteiger partial charge in [-0.15, -0.1) is 0 Å². The number of rotatable bonds is 7. The number of halogens is 1. The van der Waals surface area contributed by atoms with Gasteiger partial charge in [-0.2, -0.15) is 0 Å². The summed E-state index contributed by atoms with van der Waals surface area (Å²) in [6.45, 7) is 1.42. The lowest BCUT2D eigenvalue weighted by Gasteiger charge is -2.21. The quantitative estimate of drug-likeness (QED) is 0.565. The molecule has 0 saturated heterocycles. The molecular formula is C24H26FN3O. The van der Waals surface area contributed by atoms with Crippen molar-refractivity contribution >= 4 is 22.5 Å². The third-order valence-electron chi connectivity index (χ3n) is 5.45. The molecule has 5 heteroatoms. The smallest absolute Gasteiger partial charge is 0.251 e. The van der Waals surface area contributed by atoms with E-state index in [1.54, 1.807) is 12.1 Å². The zero-order valence-corrected chi connectivity index (χ0v) is 16.5. The Hall–Kier alpha value is -2.95. The average Bonchev–Trinajstić information content (AvgIpc) is 2.75. The number of pyridine rings is 1. The number of para-hydroxylation sites is 1. The molecule has 0 bridgehead atoms. The Balaban J connectivity index is 1.32. The number of aromatic nitrogens is 1. The predicted molar refractivity (Wildman–Crippen MR) is 115 cm³/mol. The molecule has 0 radical (unpaired) electrons. The molecule has 1 aliphatic carbocycles. The van der Waals surface area contributed by atoms with Crippen LogP contribution in [0, 0.1) is 5.82 Å². The largest absolute Gasteiger partial charge is 0.384 e. The number of benzene rings is 2. The summed E-state index contributed by atoms with van der Waals surface area (Å²) in [4.78, 5) is 16.9. The molecule has 1 amide bonds. The van der Waals surface area contributed by atoms with Gasteiger partial charge in [0.1, 0.15) is 5.82 Å². The van der Waals surface area contributed by atoms with Gasteiger partial charge < -0.3 is 10.6 Å². The molecule has 1 heterocycles. The first-order valence-electron chi connectivity index (χ1n) is 10.4. The van der Waals surface area contributed by atoms with Crippen LogP contribution in [0.4, 0.5) is 10.1 Å². The molecule has 0 atom stereocenters. The molecule has 0 saturated carbocycles. The predicted octanol–water partition coefficient (Wildman–Crippen LogP) is 4.87. The van der Waals surface area contributed by atoms with Gasteiger partial charge in [-0.1, -0.05) is 24.3 Å². The van der Waals surface area contributed by atoms with Crippen molar-refractivity contribution in [2.24, 2.45) is 0 Å². The number of nitrogens with one attached hydrogen (secondary N) is 2. The number of hydrogen-bond acceptors (Lipinski definition) is 3. The lowest BCUT2D eigenvalue weighted by atomic mass is 9.92. The van der Waals surface area contributed by atoms with Crippen LogP contribution in [0.2, 0.25) is 0 Å². The maximum atomic E-state index is 13.2. The Kier molecular flexibility index (Phi) is 6.03. The highest BCUT2D eigenvalue weighted by Gasteiger charge is 2.17. The van der Waals surface area contributed by atoms with E-state index in [-0.39, 0.29) is 5.91 Å². The fraction of sp³-hybridized carbons (Fsp3) is 0.333. The van der Waals surface area contributed by atoms with Gasteiger partial charge in [0.15, 0.2) is 0 Å². The van der Waals surface area contributed by atoms with Crippen LogP contribution in [-0.2, 0) is 12.8 Å². The highest BCUT2D eigenvalue weighted by atomic mass is 19.1. The van der Waals surface area contributed by atoms with Gasteiger partial charge in [-0.05, 0) is 68.4 Å². The monoisotopic (exact) mass is 391 g/mol. The fourth-order valence-electron chi connectivity index (χ4n) is 3.97. The first-order chi connectivity index (χ1) is 14.2. The van der Waals surface area contributed by atoms with Crippen molar-refractivity contribution in [3.63, 3.8) is 0 Å². The van der Waals surface area contributed by atoms with E-state index in [1.165, 1.54) is 47.3 Å². The van der Waals surface area contributed by atoms with Crippen LogP contribution < -0.4 is 10.6 Å². The third-order valence-corrected chi connectivity index (χ3v) is 5.45. The highest BCUT2D eigenvalue weighted by Crippen LogP contribution is 2.33. The second kappa shape index (κ2) is 9.03. The minimum Gasteiger partial charge on any atom is -0.384 e. The number of anilines is 1. The maximum Gasteiger partial charge on any atom is 0.251 e. The summed E-state index contributed by atoms with van der Waals surface area (Å²) < 4.78 is 13.2. The van der Waals surface area contributed by atoms with Crippen molar-refractivity contribution < 1.29 is 9.18 Å². The molecule has 1 aliphatic rings. The van der Waals surface area contributed by atoms with Crippen LogP contribution in [0.1, 0.15) is 47.3 Å². The van der Waals surface area contributed by atoms with Crippen molar-refractivity contribution in [3.8, 4) is 0 Å². The van der Waals surface area contributed by atoms with E-state index in [9.17, 15) is 9.18 Å². The number of carbonyl (C=O) groups is 1. The zero-order chi connectivity index (χ0) is 20.1. The van der Waals surface area contributed by atoms with E-state index in [0.29, 0.717) is 12.1 Å². The normalized spacial score (nSPS) is 13.1. The minimum absolute atomic E-state index is 0.230. The van der Waals surface area contributed by atoms with E-state index < -0.39 is 5.82 Å². The van der Waals surface area contributed by atoms with E-state index in [0.717, 1.165) is 37.7 Å². The number of aryl methyl sites for hydroxylation is 1. The standard InChI is InChI=1S/C24H26FN3O/c25-18-9-7-8-17(16-18)24(29)27-15-6-5-14-26-23-19-10-1-3-12-21(19)28-22-13-4-2-11-20(22)23/h1,3,7-10,12,16H,2,4-6,11,13-15H2,(H,26,28)(H,27,29). The van der Waals surface area contributed by atoms with E-state index in [1.807, 2.05) is 6.07 Å². The van der Waals surface area contributed by atoms with Crippen molar-refractivity contribution in [1.29, 1.82) is 0 Å². The average molecular weight is 391 g/mol. The molecule has 1 aromatic heterocycles. The third kappa shape index (κ3) is 4.56. The van der Waals surface area contributed by atoms with Crippen LogP contribution >= 0.6 is 0 Å². The summed E-state index contributed by atoms with van der Waals surface area (Å²) in [5.74, 6) is -0.624. The summed E-state index contributed by atoms with van der Waals surface area (Å²) in [6.07, 6.45) is 6.37.